The molecule has 0 fully saturated rings. The van der Waals surface area contributed by atoms with Crippen molar-refractivity contribution in [3.63, 3.8) is 0 Å². The Morgan fingerprint density at radius 1 is 1.24 bits per heavy atom. The molecular weight excluding hydrogens is 326 g/mol. The lowest BCUT2D eigenvalue weighted by molar-refractivity contribution is -0.146. The van der Waals surface area contributed by atoms with Gasteiger partial charge in [-0.3, -0.25) is 9.59 Å². The van der Waals surface area contributed by atoms with Crippen molar-refractivity contribution in [2.45, 2.75) is 39.0 Å². The number of hydrogen-bond acceptors (Lipinski definition) is 5. The quantitative estimate of drug-likeness (QED) is 0.629. The molecule has 1 aromatic rings. The van der Waals surface area contributed by atoms with Gasteiger partial charge in [-0.15, -0.1) is 0 Å². The third-order valence-corrected chi connectivity index (χ3v) is 3.67. The SMILES string of the molecule is CCCC[C@@H](CCNC(=O)Oc1cccc(CC(=O)O)c1)C(=O)OC. The number of unbranched alkanes of at least 4 members (excludes halogenated alkanes) is 1. The van der Waals surface area contributed by atoms with Gasteiger partial charge >= 0.3 is 18.0 Å². The van der Waals surface area contributed by atoms with Gasteiger partial charge in [-0.05, 0) is 30.5 Å². The predicted molar refractivity (Wildman–Crippen MR) is 91.5 cm³/mol. The minimum absolute atomic E-state index is 0.142. The van der Waals surface area contributed by atoms with Gasteiger partial charge < -0.3 is 19.9 Å². The fraction of sp³-hybridized carbons (Fsp3) is 0.500. The van der Waals surface area contributed by atoms with Crippen LogP contribution in [0.1, 0.15) is 38.2 Å². The van der Waals surface area contributed by atoms with Crippen molar-refractivity contribution in [2.24, 2.45) is 5.92 Å². The molecule has 0 heterocycles. The summed E-state index contributed by atoms with van der Waals surface area (Å²) in [6.45, 7) is 2.33. The number of rotatable bonds is 10. The Balaban J connectivity index is 2.45. The first-order valence-corrected chi connectivity index (χ1v) is 8.30. The number of esters is 1. The Labute approximate surface area is 147 Å². The first-order valence-electron chi connectivity index (χ1n) is 8.30. The van der Waals surface area contributed by atoms with E-state index in [1.54, 1.807) is 18.2 Å². The number of carboxylic acid groups (broad SMARTS) is 1. The molecule has 0 saturated carbocycles. The molecule has 0 aliphatic carbocycles. The number of carbonyl (C=O) groups is 3. The first kappa shape index (κ1) is 20.5. The van der Waals surface area contributed by atoms with Crippen LogP contribution in [-0.2, 0) is 20.7 Å². The lowest BCUT2D eigenvalue weighted by Crippen LogP contribution is -2.30. The molecular formula is C18H25NO6. The summed E-state index contributed by atoms with van der Waals surface area (Å²) >= 11 is 0. The molecule has 138 valence electrons. The second-order valence-corrected chi connectivity index (χ2v) is 5.69. The smallest absolute Gasteiger partial charge is 0.412 e. The molecule has 0 aliphatic rings. The molecule has 7 nitrogen and oxygen atoms in total. The second-order valence-electron chi connectivity index (χ2n) is 5.69. The summed E-state index contributed by atoms with van der Waals surface area (Å²) in [6, 6.07) is 6.35. The van der Waals surface area contributed by atoms with E-state index >= 15 is 0 Å². The highest BCUT2D eigenvalue weighted by atomic mass is 16.6. The summed E-state index contributed by atoms with van der Waals surface area (Å²) in [5, 5.41) is 11.4. The van der Waals surface area contributed by atoms with E-state index in [1.807, 2.05) is 6.92 Å². The van der Waals surface area contributed by atoms with Crippen LogP contribution in [0.4, 0.5) is 4.79 Å². The summed E-state index contributed by atoms with van der Waals surface area (Å²) in [7, 11) is 1.35. The van der Waals surface area contributed by atoms with Crippen molar-refractivity contribution < 1.29 is 29.0 Å². The Hall–Kier alpha value is -2.57. The molecule has 1 amide bonds. The number of carboxylic acids is 1. The van der Waals surface area contributed by atoms with E-state index in [9.17, 15) is 14.4 Å². The van der Waals surface area contributed by atoms with Gasteiger partial charge in [-0.2, -0.15) is 0 Å². The predicted octanol–water partition coefficient (Wildman–Crippen LogP) is 2.77. The summed E-state index contributed by atoms with van der Waals surface area (Å²) in [5.41, 5.74) is 0.545. The monoisotopic (exact) mass is 351 g/mol. The highest BCUT2D eigenvalue weighted by Crippen LogP contribution is 2.15. The van der Waals surface area contributed by atoms with Crippen LogP contribution in [-0.4, -0.2) is 36.8 Å². The number of benzene rings is 1. The normalized spacial score (nSPS) is 11.4. The molecule has 0 spiro atoms. The number of carbonyl (C=O) groups excluding carboxylic acids is 2. The largest absolute Gasteiger partial charge is 0.481 e. The van der Waals surface area contributed by atoms with Crippen LogP contribution >= 0.6 is 0 Å². The molecule has 25 heavy (non-hydrogen) atoms. The van der Waals surface area contributed by atoms with Crippen LogP contribution < -0.4 is 10.1 Å². The zero-order valence-electron chi connectivity index (χ0n) is 14.6. The number of nitrogens with one attached hydrogen (secondary N) is 1. The second kappa shape index (κ2) is 11.1. The van der Waals surface area contributed by atoms with Crippen molar-refractivity contribution in [3.8, 4) is 5.75 Å². The number of amides is 1. The van der Waals surface area contributed by atoms with Gasteiger partial charge in [0.25, 0.3) is 0 Å². The summed E-state index contributed by atoms with van der Waals surface area (Å²) < 4.78 is 9.90. The van der Waals surface area contributed by atoms with Gasteiger partial charge in [0, 0.05) is 6.54 Å². The average Bonchev–Trinajstić information content (AvgIpc) is 2.57. The maximum Gasteiger partial charge on any atom is 0.412 e. The Bertz CT molecular complexity index is 587. The maximum absolute atomic E-state index is 11.8. The van der Waals surface area contributed by atoms with Crippen molar-refractivity contribution in [3.05, 3.63) is 29.8 Å². The highest BCUT2D eigenvalue weighted by molar-refractivity contribution is 5.73. The van der Waals surface area contributed by atoms with Crippen molar-refractivity contribution >= 4 is 18.0 Å². The first-order chi connectivity index (χ1) is 12.0. The van der Waals surface area contributed by atoms with Crippen LogP contribution in [0, 0.1) is 5.92 Å². The van der Waals surface area contributed by atoms with Crippen molar-refractivity contribution in [2.75, 3.05) is 13.7 Å². The lowest BCUT2D eigenvalue weighted by Gasteiger charge is -2.14. The summed E-state index contributed by atoms with van der Waals surface area (Å²) in [6.07, 6.45) is 2.30. The van der Waals surface area contributed by atoms with E-state index in [-0.39, 0.29) is 30.6 Å². The maximum atomic E-state index is 11.8. The standard InChI is InChI=1S/C18H25NO6/c1-3-4-7-14(17(22)24-2)9-10-19-18(23)25-15-8-5-6-13(11-15)12-16(20)21/h5-6,8,11,14H,3-4,7,9-10,12H2,1-2H3,(H,19,23)(H,20,21)/t14-/m0/s1. The van der Waals surface area contributed by atoms with Crippen LogP contribution in [0.25, 0.3) is 0 Å². The summed E-state index contributed by atoms with van der Waals surface area (Å²) in [5.74, 6) is -1.21. The Kier molecular flexibility index (Phi) is 9.06. The van der Waals surface area contributed by atoms with Gasteiger partial charge in [0.15, 0.2) is 0 Å². The number of hydrogen-bond donors (Lipinski definition) is 2. The molecule has 0 aromatic heterocycles. The number of ether oxygens (including phenoxy) is 2. The highest BCUT2D eigenvalue weighted by Gasteiger charge is 2.18. The van der Waals surface area contributed by atoms with Crippen molar-refractivity contribution in [1.29, 1.82) is 0 Å². The van der Waals surface area contributed by atoms with Gasteiger partial charge in [0.1, 0.15) is 5.75 Å². The number of aliphatic carboxylic acids is 1. The van der Waals surface area contributed by atoms with Crippen LogP contribution in [0.5, 0.6) is 5.75 Å². The van der Waals surface area contributed by atoms with E-state index in [0.29, 0.717) is 12.0 Å². The van der Waals surface area contributed by atoms with Crippen LogP contribution in [0.3, 0.4) is 0 Å². The fourth-order valence-corrected chi connectivity index (χ4v) is 2.38. The Morgan fingerprint density at radius 3 is 2.64 bits per heavy atom. The third kappa shape index (κ3) is 8.19. The van der Waals surface area contributed by atoms with Gasteiger partial charge in [0.05, 0.1) is 19.4 Å². The molecule has 2 N–H and O–H groups in total. The zero-order chi connectivity index (χ0) is 18.7. The van der Waals surface area contributed by atoms with E-state index in [2.05, 4.69) is 5.32 Å². The molecule has 0 saturated heterocycles. The molecule has 1 rings (SSSR count). The molecule has 0 aliphatic heterocycles. The van der Waals surface area contributed by atoms with Gasteiger partial charge in [0.2, 0.25) is 0 Å². The van der Waals surface area contributed by atoms with E-state index in [0.717, 1.165) is 19.3 Å². The molecule has 0 bridgehead atoms. The Morgan fingerprint density at radius 2 is 2.00 bits per heavy atom. The molecule has 0 radical (unpaired) electrons. The van der Waals surface area contributed by atoms with Crippen LogP contribution in [0.2, 0.25) is 0 Å². The van der Waals surface area contributed by atoms with Gasteiger partial charge in [-0.1, -0.05) is 31.9 Å². The number of methoxy groups -OCH3 is 1. The van der Waals surface area contributed by atoms with E-state index < -0.39 is 12.1 Å². The molecule has 0 unspecified atom stereocenters. The average molecular weight is 351 g/mol. The molecule has 7 heteroatoms. The zero-order valence-corrected chi connectivity index (χ0v) is 14.6. The fourth-order valence-electron chi connectivity index (χ4n) is 2.38. The van der Waals surface area contributed by atoms with E-state index in [4.69, 9.17) is 14.6 Å². The minimum atomic E-state index is -0.956. The van der Waals surface area contributed by atoms with Crippen LogP contribution in [0.15, 0.2) is 24.3 Å². The van der Waals surface area contributed by atoms with E-state index in [1.165, 1.54) is 13.2 Å². The third-order valence-electron chi connectivity index (χ3n) is 3.67. The minimum Gasteiger partial charge on any atom is -0.481 e. The van der Waals surface area contributed by atoms with Gasteiger partial charge in [-0.25, -0.2) is 4.79 Å². The van der Waals surface area contributed by atoms with Crippen molar-refractivity contribution in [1.82, 2.24) is 5.32 Å². The molecule has 1 aromatic carbocycles. The lowest BCUT2D eigenvalue weighted by atomic mass is 9.99. The molecule has 1 atom stereocenters. The topological polar surface area (TPSA) is 102 Å². The summed E-state index contributed by atoms with van der Waals surface area (Å²) in [4.78, 5) is 34.2.